The molecule has 0 aliphatic carbocycles. The van der Waals surface area contributed by atoms with Crippen molar-refractivity contribution in [2.45, 2.75) is 46.1 Å². The van der Waals surface area contributed by atoms with Crippen LogP contribution in [0.25, 0.3) is 0 Å². The van der Waals surface area contributed by atoms with Crippen LogP contribution in [0.3, 0.4) is 0 Å². The summed E-state index contributed by atoms with van der Waals surface area (Å²) in [6.07, 6.45) is 2.09. The van der Waals surface area contributed by atoms with E-state index in [1.54, 1.807) is 4.90 Å². The van der Waals surface area contributed by atoms with Crippen LogP contribution in [-0.4, -0.2) is 37.0 Å². The van der Waals surface area contributed by atoms with Crippen LogP contribution in [0.2, 0.25) is 0 Å². The monoisotopic (exact) mass is 306 g/mol. The first kappa shape index (κ1) is 18.5. The molecular weight excluding hydrogens is 276 g/mol. The van der Waals surface area contributed by atoms with E-state index in [1.807, 2.05) is 38.2 Å². The van der Waals surface area contributed by atoms with Crippen molar-refractivity contribution in [1.29, 1.82) is 0 Å². The highest BCUT2D eigenvalue weighted by Crippen LogP contribution is 2.16. The van der Waals surface area contributed by atoms with Gasteiger partial charge in [0.15, 0.2) is 0 Å². The first-order valence-corrected chi connectivity index (χ1v) is 8.09. The Bertz CT molecular complexity index is 460. The minimum atomic E-state index is 0.152. The lowest BCUT2D eigenvalue weighted by Gasteiger charge is -2.21. The molecular formula is C18H30N2O2. The highest BCUT2D eigenvalue weighted by atomic mass is 16.5. The Morgan fingerprint density at radius 1 is 1.32 bits per heavy atom. The molecule has 0 saturated heterocycles. The molecule has 0 aliphatic rings. The van der Waals surface area contributed by atoms with Crippen LogP contribution in [0.15, 0.2) is 24.3 Å². The molecule has 1 aromatic carbocycles. The molecule has 0 bridgehead atoms. The number of aryl methyl sites for hydroxylation is 1. The van der Waals surface area contributed by atoms with E-state index in [0.717, 1.165) is 30.7 Å². The van der Waals surface area contributed by atoms with Gasteiger partial charge >= 0.3 is 0 Å². The largest absolute Gasteiger partial charge is 0.493 e. The molecule has 22 heavy (non-hydrogen) atoms. The number of benzene rings is 1. The van der Waals surface area contributed by atoms with Crippen LogP contribution < -0.4 is 10.5 Å². The summed E-state index contributed by atoms with van der Waals surface area (Å²) in [4.78, 5) is 13.8. The number of amides is 1. The first-order chi connectivity index (χ1) is 10.4. The standard InChI is InChI=1S/C18H30N2O2/c1-14(2)16(19)11-12-20(4)18(21)10-7-13-22-17-9-6-5-8-15(17)3/h5-6,8-9,14,16H,7,10-13,19H2,1-4H3. The second-order valence-corrected chi connectivity index (χ2v) is 6.23. The second-order valence-electron chi connectivity index (χ2n) is 6.23. The number of ether oxygens (including phenoxy) is 1. The summed E-state index contributed by atoms with van der Waals surface area (Å²) in [7, 11) is 1.84. The molecule has 1 rings (SSSR count). The fraction of sp³-hybridized carbons (Fsp3) is 0.611. The molecule has 0 saturated carbocycles. The maximum absolute atomic E-state index is 12.0. The normalized spacial score (nSPS) is 12.3. The average Bonchev–Trinajstić information content (AvgIpc) is 2.49. The van der Waals surface area contributed by atoms with E-state index in [9.17, 15) is 4.79 Å². The number of carbonyl (C=O) groups is 1. The first-order valence-electron chi connectivity index (χ1n) is 8.09. The predicted molar refractivity (Wildman–Crippen MR) is 91.0 cm³/mol. The Kier molecular flexibility index (Phi) is 7.96. The maximum Gasteiger partial charge on any atom is 0.222 e. The van der Waals surface area contributed by atoms with Crippen molar-refractivity contribution in [2.75, 3.05) is 20.2 Å². The van der Waals surface area contributed by atoms with Gasteiger partial charge in [0.2, 0.25) is 5.91 Å². The summed E-state index contributed by atoms with van der Waals surface area (Å²) >= 11 is 0. The van der Waals surface area contributed by atoms with Gasteiger partial charge in [-0.3, -0.25) is 4.79 Å². The van der Waals surface area contributed by atoms with Crippen molar-refractivity contribution >= 4 is 5.91 Å². The minimum absolute atomic E-state index is 0.152. The number of hydrogen-bond donors (Lipinski definition) is 1. The number of nitrogens with zero attached hydrogens (tertiary/aromatic N) is 1. The highest BCUT2D eigenvalue weighted by molar-refractivity contribution is 5.75. The summed E-state index contributed by atoms with van der Waals surface area (Å²) in [5, 5.41) is 0. The number of carbonyl (C=O) groups excluding carboxylic acids is 1. The molecule has 1 aromatic rings. The smallest absolute Gasteiger partial charge is 0.222 e. The highest BCUT2D eigenvalue weighted by Gasteiger charge is 2.12. The van der Waals surface area contributed by atoms with E-state index in [0.29, 0.717) is 18.9 Å². The van der Waals surface area contributed by atoms with Crippen molar-refractivity contribution in [2.24, 2.45) is 11.7 Å². The van der Waals surface area contributed by atoms with Gasteiger partial charge in [0.25, 0.3) is 0 Å². The van der Waals surface area contributed by atoms with Crippen LogP contribution in [0.5, 0.6) is 5.75 Å². The predicted octanol–water partition coefficient (Wildman–Crippen LogP) is 2.99. The third-order valence-electron chi connectivity index (χ3n) is 3.97. The van der Waals surface area contributed by atoms with E-state index in [4.69, 9.17) is 10.5 Å². The zero-order valence-corrected chi connectivity index (χ0v) is 14.3. The SMILES string of the molecule is Cc1ccccc1OCCCC(=O)N(C)CCC(N)C(C)C. The number of hydrogen-bond acceptors (Lipinski definition) is 3. The lowest BCUT2D eigenvalue weighted by atomic mass is 10.0. The van der Waals surface area contributed by atoms with Gasteiger partial charge in [-0.25, -0.2) is 0 Å². The van der Waals surface area contributed by atoms with Gasteiger partial charge in [-0.05, 0) is 37.3 Å². The van der Waals surface area contributed by atoms with Crippen LogP contribution in [0, 0.1) is 12.8 Å². The number of nitrogens with two attached hydrogens (primary N) is 1. The van der Waals surface area contributed by atoms with Crippen LogP contribution >= 0.6 is 0 Å². The summed E-state index contributed by atoms with van der Waals surface area (Å²) in [6.45, 7) is 7.52. The zero-order chi connectivity index (χ0) is 16.5. The molecule has 0 radical (unpaired) electrons. The average molecular weight is 306 g/mol. The number of rotatable bonds is 9. The summed E-state index contributed by atoms with van der Waals surface area (Å²) in [5.41, 5.74) is 7.13. The van der Waals surface area contributed by atoms with E-state index in [1.165, 1.54) is 0 Å². The van der Waals surface area contributed by atoms with E-state index < -0.39 is 0 Å². The topological polar surface area (TPSA) is 55.6 Å². The van der Waals surface area contributed by atoms with Crippen LogP contribution in [0.1, 0.15) is 38.7 Å². The van der Waals surface area contributed by atoms with Crippen molar-refractivity contribution in [1.82, 2.24) is 4.90 Å². The van der Waals surface area contributed by atoms with Gasteiger partial charge in [-0.2, -0.15) is 0 Å². The molecule has 4 heteroatoms. The third kappa shape index (κ3) is 6.48. The molecule has 0 aromatic heterocycles. The second kappa shape index (κ2) is 9.46. The van der Waals surface area contributed by atoms with E-state index in [-0.39, 0.29) is 11.9 Å². The van der Waals surface area contributed by atoms with Gasteiger partial charge in [0.1, 0.15) is 5.75 Å². The summed E-state index contributed by atoms with van der Waals surface area (Å²) in [5.74, 6) is 1.50. The molecule has 4 nitrogen and oxygen atoms in total. The van der Waals surface area contributed by atoms with Gasteiger partial charge in [-0.1, -0.05) is 32.0 Å². The van der Waals surface area contributed by atoms with Crippen molar-refractivity contribution < 1.29 is 9.53 Å². The Morgan fingerprint density at radius 3 is 2.64 bits per heavy atom. The third-order valence-corrected chi connectivity index (χ3v) is 3.97. The number of para-hydroxylation sites is 1. The molecule has 1 unspecified atom stereocenters. The van der Waals surface area contributed by atoms with Crippen LogP contribution in [0.4, 0.5) is 0 Å². The van der Waals surface area contributed by atoms with Gasteiger partial charge in [-0.15, -0.1) is 0 Å². The summed E-state index contributed by atoms with van der Waals surface area (Å²) < 4.78 is 5.71. The van der Waals surface area contributed by atoms with E-state index >= 15 is 0 Å². The Balaban J connectivity index is 2.21. The Labute approximate surface area is 134 Å². The van der Waals surface area contributed by atoms with Gasteiger partial charge in [0, 0.05) is 26.1 Å². The van der Waals surface area contributed by atoms with E-state index in [2.05, 4.69) is 13.8 Å². The minimum Gasteiger partial charge on any atom is -0.493 e. The molecule has 1 amide bonds. The Morgan fingerprint density at radius 2 is 2.00 bits per heavy atom. The van der Waals surface area contributed by atoms with Crippen molar-refractivity contribution in [3.05, 3.63) is 29.8 Å². The molecule has 2 N–H and O–H groups in total. The van der Waals surface area contributed by atoms with Crippen molar-refractivity contribution in [3.8, 4) is 5.75 Å². The molecule has 0 fully saturated rings. The van der Waals surface area contributed by atoms with Crippen molar-refractivity contribution in [3.63, 3.8) is 0 Å². The Hall–Kier alpha value is -1.55. The van der Waals surface area contributed by atoms with Gasteiger partial charge in [0.05, 0.1) is 6.61 Å². The fourth-order valence-electron chi connectivity index (χ4n) is 2.12. The summed E-state index contributed by atoms with van der Waals surface area (Å²) in [6, 6.07) is 8.07. The fourth-order valence-corrected chi connectivity index (χ4v) is 2.12. The molecule has 1 atom stereocenters. The molecule has 0 heterocycles. The van der Waals surface area contributed by atoms with Gasteiger partial charge < -0.3 is 15.4 Å². The molecule has 0 spiro atoms. The lowest BCUT2D eigenvalue weighted by molar-refractivity contribution is -0.130. The lowest BCUT2D eigenvalue weighted by Crippen LogP contribution is -2.34. The maximum atomic E-state index is 12.0. The zero-order valence-electron chi connectivity index (χ0n) is 14.3. The van der Waals surface area contributed by atoms with Crippen LogP contribution in [-0.2, 0) is 4.79 Å². The quantitative estimate of drug-likeness (QED) is 0.714. The molecule has 0 aliphatic heterocycles. The molecule has 124 valence electrons.